The van der Waals surface area contributed by atoms with Gasteiger partial charge in [-0.25, -0.2) is 0 Å². The fourth-order valence-electron chi connectivity index (χ4n) is 1.72. The van der Waals surface area contributed by atoms with Gasteiger partial charge in [0.1, 0.15) is 0 Å². The van der Waals surface area contributed by atoms with Crippen LogP contribution in [0.15, 0.2) is 0 Å². The van der Waals surface area contributed by atoms with E-state index in [2.05, 4.69) is 20.8 Å². The Hall–Kier alpha value is 0.934. The van der Waals surface area contributed by atoms with Crippen LogP contribution in [0, 0.1) is 0 Å². The summed E-state index contributed by atoms with van der Waals surface area (Å²) in [5.74, 6) is 0. The van der Waals surface area contributed by atoms with E-state index >= 15 is 0 Å². The first-order valence-corrected chi connectivity index (χ1v) is 12.7. The van der Waals surface area contributed by atoms with Crippen LogP contribution in [0.5, 0.6) is 0 Å². The molecule has 0 rings (SSSR count). The molecule has 0 saturated carbocycles. The molecule has 0 aromatic heterocycles. The first-order valence-electron chi connectivity index (χ1n) is 6.02. The van der Waals surface area contributed by atoms with Gasteiger partial charge in [-0.1, -0.05) is 20.8 Å². The maximum Gasteiger partial charge on any atom is 0.389 e. The highest BCUT2D eigenvalue weighted by molar-refractivity contribution is 7.42. The molecule has 0 saturated heterocycles. The van der Waals surface area contributed by atoms with Gasteiger partial charge in [0.2, 0.25) is 0 Å². The Bertz CT molecular complexity index is 179. The van der Waals surface area contributed by atoms with Gasteiger partial charge in [-0.2, -0.15) is 0 Å². The van der Waals surface area contributed by atoms with Crippen molar-refractivity contribution in [2.75, 3.05) is 13.7 Å². The van der Waals surface area contributed by atoms with Crippen LogP contribution >= 0.6 is 22.2 Å². The highest BCUT2D eigenvalue weighted by atomic mass is 35.7. The molecule has 0 fully saturated rings. The smallest absolute Gasteiger partial charge is 0.389 e. The summed E-state index contributed by atoms with van der Waals surface area (Å²) in [6.07, 6.45) is 0.905. The molecule has 0 bridgehead atoms. The monoisotopic (exact) mass is 302 g/mol. The normalized spacial score (nSPS) is 13.1. The predicted octanol–water partition coefficient (Wildman–Crippen LogP) is 4.46. The molecule has 0 spiro atoms. The maximum absolute atomic E-state index is 6.11. The molecule has 2 nitrogen and oxygen atoms in total. The number of halogens is 2. The van der Waals surface area contributed by atoms with E-state index in [0.717, 1.165) is 19.1 Å². The molecule has 0 radical (unpaired) electrons. The average Bonchev–Trinajstić information content (AvgIpc) is 2.30. The number of rotatable bonds is 9. The van der Waals surface area contributed by atoms with Crippen LogP contribution in [0.25, 0.3) is 0 Å². The molecule has 0 aliphatic rings. The minimum atomic E-state index is -2.42. The van der Waals surface area contributed by atoms with Crippen molar-refractivity contribution in [3.05, 3.63) is 0 Å². The second kappa shape index (κ2) is 8.11. The zero-order valence-electron chi connectivity index (χ0n) is 10.8. The van der Waals surface area contributed by atoms with E-state index in [-0.39, 0.29) is 0 Å². The topological polar surface area (TPSA) is 18.5 Å². The van der Waals surface area contributed by atoms with Crippen molar-refractivity contribution in [3.63, 3.8) is 0 Å². The first kappa shape index (κ1) is 16.9. The van der Waals surface area contributed by atoms with Crippen molar-refractivity contribution in [3.8, 4) is 0 Å². The molecular weight excluding hydrogens is 279 g/mol. The summed E-state index contributed by atoms with van der Waals surface area (Å²) in [7, 11) is 0.144. The van der Waals surface area contributed by atoms with Gasteiger partial charge >= 0.3 is 6.94 Å². The molecule has 0 unspecified atom stereocenters. The second-order valence-electron chi connectivity index (χ2n) is 4.04. The van der Waals surface area contributed by atoms with Crippen LogP contribution in [0.2, 0.25) is 24.2 Å². The standard InChI is InChI=1S/C10H24Cl2O2Si2/c1-5-15(6-2,7-3)14-9-8-10-16(11,12)13-4/h5-10H2,1-4H3. The lowest BCUT2D eigenvalue weighted by atomic mass is 10.5. The highest BCUT2D eigenvalue weighted by Crippen LogP contribution is 2.25. The molecule has 0 heterocycles. The lowest BCUT2D eigenvalue weighted by molar-refractivity contribution is 0.296. The molecule has 0 aliphatic heterocycles. The van der Waals surface area contributed by atoms with Gasteiger partial charge in [0.25, 0.3) is 0 Å². The average molecular weight is 303 g/mol. The van der Waals surface area contributed by atoms with E-state index in [0.29, 0.717) is 0 Å². The fourth-order valence-corrected chi connectivity index (χ4v) is 5.98. The molecule has 0 atom stereocenters. The molecule has 0 aliphatic carbocycles. The van der Waals surface area contributed by atoms with Crippen molar-refractivity contribution in [2.45, 2.75) is 51.4 Å². The Morgan fingerprint density at radius 3 is 1.88 bits per heavy atom. The van der Waals surface area contributed by atoms with E-state index in [1.807, 2.05) is 0 Å². The van der Waals surface area contributed by atoms with Crippen LogP contribution in [-0.2, 0) is 8.85 Å². The van der Waals surface area contributed by atoms with Crippen molar-refractivity contribution < 1.29 is 8.85 Å². The quantitative estimate of drug-likeness (QED) is 0.356. The third kappa shape index (κ3) is 6.03. The van der Waals surface area contributed by atoms with E-state index < -0.39 is 15.3 Å². The van der Waals surface area contributed by atoms with E-state index in [1.165, 1.54) is 18.1 Å². The highest BCUT2D eigenvalue weighted by Gasteiger charge is 2.31. The van der Waals surface area contributed by atoms with Crippen LogP contribution in [0.3, 0.4) is 0 Å². The van der Waals surface area contributed by atoms with Gasteiger partial charge in [-0.05, 0) is 30.6 Å². The molecule has 0 aromatic carbocycles. The Kier molecular flexibility index (Phi) is 8.58. The second-order valence-corrected chi connectivity index (χ2v) is 15.2. The SMILES string of the molecule is CC[Si](CC)(CC)OCCC[Si](Cl)(Cl)OC. The van der Waals surface area contributed by atoms with Crippen molar-refractivity contribution in [2.24, 2.45) is 0 Å². The Morgan fingerprint density at radius 2 is 1.50 bits per heavy atom. The van der Waals surface area contributed by atoms with Gasteiger partial charge in [0, 0.05) is 13.7 Å². The third-order valence-corrected chi connectivity index (χ3v) is 11.5. The molecule has 0 N–H and O–H groups in total. The lowest BCUT2D eigenvalue weighted by Crippen LogP contribution is -2.36. The summed E-state index contributed by atoms with van der Waals surface area (Å²) in [5.41, 5.74) is 0. The van der Waals surface area contributed by atoms with E-state index in [4.69, 9.17) is 31.0 Å². The summed E-state index contributed by atoms with van der Waals surface area (Å²) >= 11 is 12.0. The summed E-state index contributed by atoms with van der Waals surface area (Å²) in [6, 6.07) is 4.31. The van der Waals surface area contributed by atoms with Gasteiger partial charge in [0.15, 0.2) is 8.32 Å². The van der Waals surface area contributed by atoms with Crippen LogP contribution < -0.4 is 0 Å². The first-order chi connectivity index (χ1) is 7.45. The molecule has 0 aromatic rings. The number of hydrogen-bond acceptors (Lipinski definition) is 2. The van der Waals surface area contributed by atoms with Gasteiger partial charge in [-0.15, -0.1) is 22.2 Å². The minimum absolute atomic E-state index is 0.744. The van der Waals surface area contributed by atoms with Crippen LogP contribution in [0.1, 0.15) is 27.2 Å². The summed E-state index contributed by atoms with van der Waals surface area (Å²) < 4.78 is 11.2. The van der Waals surface area contributed by atoms with E-state index in [9.17, 15) is 0 Å². The van der Waals surface area contributed by atoms with Crippen LogP contribution in [-0.4, -0.2) is 29.0 Å². The van der Waals surface area contributed by atoms with Crippen molar-refractivity contribution in [1.82, 2.24) is 0 Å². The summed E-state index contributed by atoms with van der Waals surface area (Å²) in [6.45, 7) is 5.05. The van der Waals surface area contributed by atoms with Crippen molar-refractivity contribution in [1.29, 1.82) is 0 Å². The summed E-state index contributed by atoms with van der Waals surface area (Å²) in [4.78, 5) is 0. The lowest BCUT2D eigenvalue weighted by Gasteiger charge is -2.28. The van der Waals surface area contributed by atoms with Gasteiger partial charge < -0.3 is 8.85 Å². The molecule has 16 heavy (non-hydrogen) atoms. The predicted molar refractivity (Wildman–Crippen MR) is 77.0 cm³/mol. The molecule has 98 valence electrons. The fraction of sp³-hybridized carbons (Fsp3) is 1.00. The maximum atomic E-state index is 6.11. The minimum Gasteiger partial charge on any atom is -0.417 e. The molecule has 6 heteroatoms. The molecule has 0 amide bonds. The Balaban J connectivity index is 3.88. The third-order valence-electron chi connectivity index (χ3n) is 3.25. The zero-order chi connectivity index (χ0) is 12.7. The summed E-state index contributed by atoms with van der Waals surface area (Å²) in [5, 5.41) is 0. The largest absolute Gasteiger partial charge is 0.417 e. The van der Waals surface area contributed by atoms with E-state index in [1.54, 1.807) is 7.11 Å². The Labute approximate surface area is 111 Å². The zero-order valence-corrected chi connectivity index (χ0v) is 14.3. The number of hydrogen-bond donors (Lipinski definition) is 0. The van der Waals surface area contributed by atoms with Gasteiger partial charge in [-0.3, -0.25) is 0 Å². The van der Waals surface area contributed by atoms with Crippen molar-refractivity contribution >= 4 is 37.4 Å². The molecular formula is C10H24Cl2O2Si2. The Morgan fingerprint density at radius 1 is 1.00 bits per heavy atom. The van der Waals surface area contributed by atoms with Crippen LogP contribution in [0.4, 0.5) is 0 Å². The van der Waals surface area contributed by atoms with Gasteiger partial charge in [0.05, 0.1) is 0 Å².